The number of hydrogen-bond acceptors (Lipinski definition) is 10. The SMILES string of the molecule is CC(C)(C)c1ccc(CNC(=O)[C@H]2CN(c3nc4nn[nH]c(=O)c4s3)CCN2S(=O)(=O)c2ccc(OC(F)(F)F)cc2)cc1. The molecule has 0 saturated carbocycles. The van der Waals surface area contributed by atoms with Crippen LogP contribution in [0.3, 0.4) is 0 Å². The van der Waals surface area contributed by atoms with Crippen LogP contribution in [0, 0.1) is 0 Å². The summed E-state index contributed by atoms with van der Waals surface area (Å²) in [5.41, 5.74) is 1.49. The molecule has 1 aliphatic heterocycles. The molecule has 2 aromatic carbocycles. The Balaban J connectivity index is 1.41. The zero-order valence-corrected chi connectivity index (χ0v) is 25.4. The van der Waals surface area contributed by atoms with Gasteiger partial charge in [-0.3, -0.25) is 9.59 Å². The van der Waals surface area contributed by atoms with E-state index in [9.17, 15) is 31.2 Å². The lowest BCUT2D eigenvalue weighted by Gasteiger charge is -2.39. The van der Waals surface area contributed by atoms with Crippen molar-refractivity contribution >= 4 is 42.7 Å². The number of aromatic nitrogens is 4. The average Bonchev–Trinajstić information content (AvgIpc) is 3.41. The highest BCUT2D eigenvalue weighted by Gasteiger charge is 2.41. The molecular weight excluding hydrogens is 623 g/mol. The first-order valence-electron chi connectivity index (χ1n) is 13.3. The monoisotopic (exact) mass is 651 g/mol. The number of aromatic amines is 1. The average molecular weight is 652 g/mol. The predicted molar refractivity (Wildman–Crippen MR) is 156 cm³/mol. The van der Waals surface area contributed by atoms with E-state index in [2.05, 4.69) is 51.2 Å². The van der Waals surface area contributed by atoms with Crippen molar-refractivity contribution < 1.29 is 31.1 Å². The molecule has 1 saturated heterocycles. The molecule has 2 aromatic heterocycles. The zero-order valence-electron chi connectivity index (χ0n) is 23.8. The number of ether oxygens (including phenoxy) is 1. The van der Waals surface area contributed by atoms with Crippen LogP contribution in [0.15, 0.2) is 58.2 Å². The van der Waals surface area contributed by atoms with Gasteiger partial charge in [-0.2, -0.15) is 9.29 Å². The highest BCUT2D eigenvalue weighted by Crippen LogP contribution is 2.31. The van der Waals surface area contributed by atoms with E-state index < -0.39 is 39.6 Å². The molecule has 1 atom stereocenters. The molecule has 5 rings (SSSR count). The molecule has 1 amide bonds. The number of carbonyl (C=O) groups excluding carboxylic acids is 1. The number of rotatable bonds is 7. The van der Waals surface area contributed by atoms with Crippen molar-refractivity contribution in [2.45, 2.75) is 50.0 Å². The quantitative estimate of drug-likeness (QED) is 0.307. The Morgan fingerprint density at radius 1 is 1.09 bits per heavy atom. The van der Waals surface area contributed by atoms with Crippen LogP contribution in [0.25, 0.3) is 10.3 Å². The Kier molecular flexibility index (Phi) is 8.39. The molecule has 1 fully saturated rings. The van der Waals surface area contributed by atoms with Crippen molar-refractivity contribution in [2.75, 3.05) is 24.5 Å². The van der Waals surface area contributed by atoms with Crippen LogP contribution < -0.4 is 20.5 Å². The Hall–Kier alpha value is -4.09. The molecular formula is C27H28F3N7O5S2. The summed E-state index contributed by atoms with van der Waals surface area (Å²) in [5.74, 6) is -1.17. The second kappa shape index (κ2) is 11.8. The van der Waals surface area contributed by atoms with Gasteiger partial charge in [0.05, 0.1) is 4.90 Å². The molecule has 44 heavy (non-hydrogen) atoms. The van der Waals surface area contributed by atoms with Crippen molar-refractivity contribution in [1.82, 2.24) is 30.0 Å². The van der Waals surface area contributed by atoms with E-state index in [0.717, 1.165) is 51.0 Å². The second-order valence-corrected chi connectivity index (χ2v) is 13.9. The minimum absolute atomic E-state index is 0.0592. The van der Waals surface area contributed by atoms with Crippen LogP contribution in [0.4, 0.5) is 18.3 Å². The largest absolute Gasteiger partial charge is 0.573 e. The van der Waals surface area contributed by atoms with Crippen molar-refractivity contribution in [3.05, 3.63) is 70.0 Å². The first-order valence-corrected chi connectivity index (χ1v) is 15.6. The first kappa shape index (κ1) is 31.3. The van der Waals surface area contributed by atoms with E-state index in [-0.39, 0.29) is 46.8 Å². The van der Waals surface area contributed by atoms with Crippen molar-refractivity contribution in [3.63, 3.8) is 0 Å². The van der Waals surface area contributed by atoms with E-state index in [1.54, 1.807) is 4.90 Å². The van der Waals surface area contributed by atoms with Crippen LogP contribution in [0.2, 0.25) is 0 Å². The number of thiazole rings is 1. The van der Waals surface area contributed by atoms with Gasteiger partial charge in [-0.05, 0) is 40.8 Å². The van der Waals surface area contributed by atoms with Crippen LogP contribution >= 0.6 is 11.3 Å². The number of carbonyl (C=O) groups is 1. The van der Waals surface area contributed by atoms with Crippen molar-refractivity contribution in [1.29, 1.82) is 0 Å². The maximum absolute atomic E-state index is 13.7. The van der Waals surface area contributed by atoms with Gasteiger partial charge in [-0.1, -0.05) is 61.6 Å². The molecule has 3 heterocycles. The first-order chi connectivity index (χ1) is 20.6. The molecule has 12 nitrogen and oxygen atoms in total. The summed E-state index contributed by atoms with van der Waals surface area (Å²) in [6, 6.07) is 10.2. The lowest BCUT2D eigenvalue weighted by atomic mass is 9.87. The molecule has 1 aliphatic rings. The summed E-state index contributed by atoms with van der Waals surface area (Å²) in [5, 5.41) is 12.7. The fourth-order valence-electron chi connectivity index (χ4n) is 4.64. The zero-order chi connectivity index (χ0) is 31.9. The van der Waals surface area contributed by atoms with E-state index in [1.165, 1.54) is 0 Å². The predicted octanol–water partition coefficient (Wildman–Crippen LogP) is 3.17. The van der Waals surface area contributed by atoms with Crippen LogP contribution in [-0.4, -0.2) is 71.1 Å². The summed E-state index contributed by atoms with van der Waals surface area (Å²) in [6.45, 7) is 6.21. The van der Waals surface area contributed by atoms with Gasteiger partial charge in [0.1, 0.15) is 16.5 Å². The fraction of sp³-hybridized carbons (Fsp3) is 0.370. The molecule has 0 aliphatic carbocycles. The standard InChI is InChI=1S/C27H28F3N7O5S2/c1-26(2,3)17-6-4-16(5-7-17)14-31-23(38)20-15-36(25-32-22-21(43-25)24(39)34-35-33-22)12-13-37(20)44(40,41)19-10-8-18(9-11-19)42-27(28,29)30/h4-11,20H,12-15H2,1-3H3,(H,31,38)(H,33,34,39)/t20-/m1/s1. The minimum atomic E-state index is -4.94. The fourth-order valence-corrected chi connectivity index (χ4v) is 7.14. The Morgan fingerprint density at radius 3 is 2.39 bits per heavy atom. The molecule has 0 spiro atoms. The Labute approximate surface area is 253 Å². The van der Waals surface area contributed by atoms with E-state index in [1.807, 2.05) is 24.3 Å². The van der Waals surface area contributed by atoms with E-state index >= 15 is 0 Å². The van der Waals surface area contributed by atoms with Gasteiger partial charge in [0.15, 0.2) is 5.13 Å². The molecule has 234 valence electrons. The molecule has 0 unspecified atom stereocenters. The lowest BCUT2D eigenvalue weighted by Crippen LogP contribution is -2.60. The molecule has 0 radical (unpaired) electrons. The summed E-state index contributed by atoms with van der Waals surface area (Å²) < 4.78 is 70.4. The molecule has 4 aromatic rings. The van der Waals surface area contributed by atoms with E-state index in [4.69, 9.17) is 0 Å². The lowest BCUT2D eigenvalue weighted by molar-refractivity contribution is -0.274. The van der Waals surface area contributed by atoms with Gasteiger partial charge in [-0.15, -0.1) is 18.3 Å². The number of H-pyrrole nitrogens is 1. The number of hydrogen-bond donors (Lipinski definition) is 2. The topological polar surface area (TPSA) is 150 Å². The third-order valence-electron chi connectivity index (χ3n) is 6.96. The van der Waals surface area contributed by atoms with Gasteiger partial charge >= 0.3 is 6.36 Å². The van der Waals surface area contributed by atoms with Crippen molar-refractivity contribution in [3.8, 4) is 5.75 Å². The number of halogens is 3. The highest BCUT2D eigenvalue weighted by molar-refractivity contribution is 7.89. The number of amides is 1. The normalized spacial score (nSPS) is 16.7. The number of nitrogens with one attached hydrogen (secondary N) is 2. The van der Waals surface area contributed by atoms with Gasteiger partial charge < -0.3 is 15.0 Å². The number of sulfonamides is 1. The smallest absolute Gasteiger partial charge is 0.406 e. The molecule has 17 heteroatoms. The molecule has 0 bridgehead atoms. The number of nitrogens with zero attached hydrogens (tertiary/aromatic N) is 5. The summed E-state index contributed by atoms with van der Waals surface area (Å²) in [7, 11) is -4.34. The maximum Gasteiger partial charge on any atom is 0.573 e. The number of anilines is 1. The van der Waals surface area contributed by atoms with Gasteiger partial charge in [0, 0.05) is 26.2 Å². The summed E-state index contributed by atoms with van der Waals surface area (Å²) in [4.78, 5) is 31.5. The number of benzene rings is 2. The van der Waals surface area contributed by atoms with Crippen LogP contribution in [0.5, 0.6) is 5.75 Å². The Bertz CT molecular complexity index is 1820. The number of alkyl halides is 3. The number of fused-ring (bicyclic) bond motifs is 1. The van der Waals surface area contributed by atoms with Crippen LogP contribution in [-0.2, 0) is 26.8 Å². The van der Waals surface area contributed by atoms with Crippen LogP contribution in [0.1, 0.15) is 31.9 Å². The van der Waals surface area contributed by atoms with Gasteiger partial charge in [-0.25, -0.2) is 13.5 Å². The molecule has 2 N–H and O–H groups in total. The van der Waals surface area contributed by atoms with E-state index in [0.29, 0.717) is 5.13 Å². The maximum atomic E-state index is 13.7. The third-order valence-corrected chi connectivity index (χ3v) is 9.98. The van der Waals surface area contributed by atoms with Gasteiger partial charge in [0.2, 0.25) is 21.6 Å². The summed E-state index contributed by atoms with van der Waals surface area (Å²) >= 11 is 1.03. The minimum Gasteiger partial charge on any atom is -0.406 e. The van der Waals surface area contributed by atoms with Crippen molar-refractivity contribution in [2.24, 2.45) is 0 Å². The highest BCUT2D eigenvalue weighted by atomic mass is 32.2. The summed E-state index contributed by atoms with van der Waals surface area (Å²) in [6.07, 6.45) is -4.94. The Morgan fingerprint density at radius 2 is 1.77 bits per heavy atom. The number of piperazine rings is 1. The third kappa shape index (κ3) is 6.84. The van der Waals surface area contributed by atoms with Gasteiger partial charge in [0.25, 0.3) is 5.56 Å². The second-order valence-electron chi connectivity index (χ2n) is 11.1.